The van der Waals surface area contributed by atoms with E-state index >= 15 is 0 Å². The van der Waals surface area contributed by atoms with E-state index in [1.807, 2.05) is 6.08 Å². The zero-order valence-corrected chi connectivity index (χ0v) is 36.1. The minimum Gasteiger partial charge on any atom is -0.462 e. The second-order valence-electron chi connectivity index (χ2n) is 14.6. The lowest BCUT2D eigenvalue weighted by Crippen LogP contribution is -2.30. The summed E-state index contributed by atoms with van der Waals surface area (Å²) in [4.78, 5) is 37.6. The molecule has 1 atom stereocenters. The maximum Gasteiger partial charge on any atom is 0.309 e. The van der Waals surface area contributed by atoms with Crippen molar-refractivity contribution in [3.8, 4) is 0 Å². The molecule has 0 saturated heterocycles. The first-order chi connectivity index (χ1) is 27.5. The first-order valence-corrected chi connectivity index (χ1v) is 22.6. The van der Waals surface area contributed by atoms with Gasteiger partial charge in [-0.2, -0.15) is 0 Å². The van der Waals surface area contributed by atoms with E-state index in [2.05, 4.69) is 93.7 Å². The molecule has 0 rings (SSSR count). The summed E-state index contributed by atoms with van der Waals surface area (Å²) in [6.07, 6.45) is 56.0. The number of esters is 3. The van der Waals surface area contributed by atoms with E-state index in [9.17, 15) is 14.4 Å². The molecule has 0 fully saturated rings. The molecule has 0 saturated carbocycles. The number of rotatable bonds is 39. The number of carbonyl (C=O) groups excluding carboxylic acids is 3. The largest absolute Gasteiger partial charge is 0.462 e. The predicted octanol–water partition coefficient (Wildman–Crippen LogP) is 14.5. The Hall–Kier alpha value is -3.41. The van der Waals surface area contributed by atoms with Crippen molar-refractivity contribution in [2.75, 3.05) is 13.2 Å². The quantitative estimate of drug-likeness (QED) is 0.0203. The average molecular weight is 779 g/mol. The summed E-state index contributed by atoms with van der Waals surface area (Å²) in [5, 5.41) is 0. The summed E-state index contributed by atoms with van der Waals surface area (Å²) in [5.74, 6) is -1.08. The second-order valence-corrected chi connectivity index (χ2v) is 14.6. The number of ether oxygens (including phenoxy) is 3. The van der Waals surface area contributed by atoms with Gasteiger partial charge in [0.15, 0.2) is 6.10 Å². The maximum atomic E-state index is 12.7. The Morgan fingerprint density at radius 2 is 0.857 bits per heavy atom. The fourth-order valence-corrected chi connectivity index (χ4v) is 5.85. The summed E-state index contributed by atoms with van der Waals surface area (Å²) in [5.41, 5.74) is 0. The van der Waals surface area contributed by atoms with Crippen molar-refractivity contribution in [3.05, 3.63) is 85.1 Å². The highest BCUT2D eigenvalue weighted by atomic mass is 16.6. The van der Waals surface area contributed by atoms with Crippen LogP contribution in [0.25, 0.3) is 0 Å². The summed E-state index contributed by atoms with van der Waals surface area (Å²) in [6, 6.07) is 0. The van der Waals surface area contributed by atoms with Gasteiger partial charge in [-0.05, 0) is 77.0 Å². The van der Waals surface area contributed by atoms with E-state index in [-0.39, 0.29) is 38.0 Å². The molecule has 0 aliphatic carbocycles. The third-order valence-electron chi connectivity index (χ3n) is 9.21. The molecule has 6 nitrogen and oxygen atoms in total. The van der Waals surface area contributed by atoms with Gasteiger partial charge < -0.3 is 14.2 Å². The average Bonchev–Trinajstić information content (AvgIpc) is 3.19. The predicted molar refractivity (Wildman–Crippen MR) is 237 cm³/mol. The van der Waals surface area contributed by atoms with Crippen LogP contribution >= 0.6 is 0 Å². The summed E-state index contributed by atoms with van der Waals surface area (Å²) in [7, 11) is 0. The Bertz CT molecular complexity index is 1120. The van der Waals surface area contributed by atoms with Gasteiger partial charge >= 0.3 is 17.9 Å². The summed E-state index contributed by atoms with van der Waals surface area (Å²) < 4.78 is 16.6. The van der Waals surface area contributed by atoms with E-state index in [4.69, 9.17) is 14.2 Å². The normalized spacial score (nSPS) is 12.8. The van der Waals surface area contributed by atoms with Crippen molar-refractivity contribution < 1.29 is 28.6 Å². The van der Waals surface area contributed by atoms with Crippen LogP contribution in [0.4, 0.5) is 0 Å². The second kappa shape index (κ2) is 44.3. The number of unbranched alkanes of at least 4 members (excludes halogenated alkanes) is 17. The Balaban J connectivity index is 4.47. The molecule has 0 amide bonds. The van der Waals surface area contributed by atoms with Crippen LogP contribution in [-0.4, -0.2) is 37.2 Å². The van der Waals surface area contributed by atoms with Crippen LogP contribution in [0.2, 0.25) is 0 Å². The Labute approximate surface area is 344 Å². The van der Waals surface area contributed by atoms with Crippen LogP contribution in [0.5, 0.6) is 0 Å². The molecule has 6 heteroatoms. The van der Waals surface area contributed by atoms with Crippen LogP contribution < -0.4 is 0 Å². The van der Waals surface area contributed by atoms with E-state index in [1.165, 1.54) is 70.6 Å². The highest BCUT2D eigenvalue weighted by molar-refractivity contribution is 5.72. The molecule has 0 bridgehead atoms. The molecule has 0 aromatic carbocycles. The highest BCUT2D eigenvalue weighted by Gasteiger charge is 2.19. The molecule has 0 radical (unpaired) electrons. The summed E-state index contributed by atoms with van der Waals surface area (Å²) >= 11 is 0. The van der Waals surface area contributed by atoms with Crippen LogP contribution in [0.3, 0.4) is 0 Å². The molecule has 0 N–H and O–H groups in total. The Morgan fingerprint density at radius 3 is 1.45 bits per heavy atom. The SMILES string of the molecule is CC\C=C/C=C\C=C/CCCCCCCCCC(=O)OCC(COC(=O)C/C=C\C/C=C\C/C=C\CC)OC(=O)CCCCC/C=C\CCCCCCCCC. The minimum atomic E-state index is -0.822. The van der Waals surface area contributed by atoms with Crippen molar-refractivity contribution in [2.24, 2.45) is 0 Å². The number of hydrogen-bond donors (Lipinski definition) is 0. The van der Waals surface area contributed by atoms with Crippen molar-refractivity contribution in [1.29, 1.82) is 0 Å². The van der Waals surface area contributed by atoms with Crippen molar-refractivity contribution >= 4 is 17.9 Å². The molecule has 56 heavy (non-hydrogen) atoms. The van der Waals surface area contributed by atoms with Gasteiger partial charge in [0.25, 0.3) is 0 Å². The Morgan fingerprint density at radius 1 is 0.411 bits per heavy atom. The van der Waals surface area contributed by atoms with Crippen LogP contribution in [0.1, 0.15) is 194 Å². The third-order valence-corrected chi connectivity index (χ3v) is 9.21. The summed E-state index contributed by atoms with van der Waals surface area (Å²) in [6.45, 7) is 6.24. The lowest BCUT2D eigenvalue weighted by Gasteiger charge is -2.18. The van der Waals surface area contributed by atoms with Gasteiger partial charge in [-0.15, -0.1) is 0 Å². The molecular formula is C50H82O6. The first kappa shape index (κ1) is 52.6. The number of carbonyl (C=O) groups is 3. The first-order valence-electron chi connectivity index (χ1n) is 22.6. The molecule has 0 aromatic rings. The third kappa shape index (κ3) is 41.7. The van der Waals surface area contributed by atoms with E-state index in [0.29, 0.717) is 6.42 Å². The van der Waals surface area contributed by atoms with Gasteiger partial charge in [0.05, 0.1) is 6.42 Å². The molecule has 0 spiro atoms. The topological polar surface area (TPSA) is 78.9 Å². The van der Waals surface area contributed by atoms with E-state index < -0.39 is 12.1 Å². The fourth-order valence-electron chi connectivity index (χ4n) is 5.85. The molecule has 0 aliphatic rings. The number of allylic oxidation sites excluding steroid dienone is 13. The standard InChI is InChI=1S/C50H82O6/c1-4-7-10-13-16-19-21-23-25-27-28-31-34-37-40-43-49(52)55-46-47(45-54-48(51)42-39-36-33-30-18-15-12-9-6-3)56-50(53)44-41-38-35-32-29-26-24-22-20-17-14-11-8-5-2/h7,9-10,12-13,16,18-19,21,26,29-30,36,39,47H,4-6,8,11,14-15,17,20,22-25,27-28,31-35,37-38,40-46H2,1-3H3/b10-7-,12-9-,16-13-,21-19-,29-26-,30-18-,39-36-. The van der Waals surface area contributed by atoms with Gasteiger partial charge in [-0.3, -0.25) is 14.4 Å². The lowest BCUT2D eigenvalue weighted by atomic mass is 10.1. The monoisotopic (exact) mass is 779 g/mol. The van der Waals surface area contributed by atoms with Crippen molar-refractivity contribution in [1.82, 2.24) is 0 Å². The fraction of sp³-hybridized carbons (Fsp3) is 0.660. The molecule has 0 aliphatic heterocycles. The lowest BCUT2D eigenvalue weighted by molar-refractivity contribution is -0.166. The van der Waals surface area contributed by atoms with Crippen LogP contribution in [-0.2, 0) is 28.6 Å². The van der Waals surface area contributed by atoms with Gasteiger partial charge in [-0.1, -0.05) is 183 Å². The molecule has 0 aromatic heterocycles. The number of hydrogen-bond acceptors (Lipinski definition) is 6. The van der Waals surface area contributed by atoms with E-state index in [1.54, 1.807) is 6.08 Å². The van der Waals surface area contributed by atoms with Crippen LogP contribution in [0, 0.1) is 0 Å². The van der Waals surface area contributed by atoms with Crippen LogP contribution in [0.15, 0.2) is 85.1 Å². The van der Waals surface area contributed by atoms with Gasteiger partial charge in [0.2, 0.25) is 0 Å². The van der Waals surface area contributed by atoms with E-state index in [0.717, 1.165) is 83.5 Å². The molecular weight excluding hydrogens is 697 g/mol. The van der Waals surface area contributed by atoms with Crippen molar-refractivity contribution in [2.45, 2.75) is 200 Å². The highest BCUT2D eigenvalue weighted by Crippen LogP contribution is 2.13. The van der Waals surface area contributed by atoms with Gasteiger partial charge in [0, 0.05) is 12.8 Å². The zero-order chi connectivity index (χ0) is 40.8. The zero-order valence-electron chi connectivity index (χ0n) is 36.1. The smallest absolute Gasteiger partial charge is 0.309 e. The Kier molecular flexibility index (Phi) is 41.6. The maximum absolute atomic E-state index is 12.7. The van der Waals surface area contributed by atoms with Gasteiger partial charge in [0.1, 0.15) is 13.2 Å². The minimum absolute atomic E-state index is 0.117. The van der Waals surface area contributed by atoms with Gasteiger partial charge in [-0.25, -0.2) is 0 Å². The molecule has 318 valence electrons. The van der Waals surface area contributed by atoms with Crippen molar-refractivity contribution in [3.63, 3.8) is 0 Å². The molecule has 1 unspecified atom stereocenters. The molecule has 0 heterocycles.